The number of rotatable bonds is 3. The van der Waals surface area contributed by atoms with Crippen LogP contribution in [0.15, 0.2) is 57.8 Å². The number of nitrogens with one attached hydrogen (secondary N) is 1. The number of benzene rings is 2. The molecule has 0 heterocycles. The minimum Gasteiger partial charge on any atom is -0.323 e. The van der Waals surface area contributed by atoms with Crippen molar-refractivity contribution in [1.29, 1.82) is 0 Å². The molecule has 0 unspecified atom stereocenters. The molecule has 0 aromatic heterocycles. The Labute approximate surface area is 144 Å². The summed E-state index contributed by atoms with van der Waals surface area (Å²) in [5.74, 6) is 5.57. The highest BCUT2D eigenvalue weighted by Gasteiger charge is 2.16. The summed E-state index contributed by atoms with van der Waals surface area (Å²) in [7, 11) is -2.46. The molecule has 0 spiro atoms. The van der Waals surface area contributed by atoms with E-state index in [-0.39, 0.29) is 10.9 Å². The van der Waals surface area contributed by atoms with Gasteiger partial charge in [0.05, 0.1) is 15.6 Å². The lowest BCUT2D eigenvalue weighted by Crippen LogP contribution is -2.39. The first-order valence-electron chi connectivity index (χ1n) is 6.40. The molecule has 3 N–H and O–H groups in total. The second-order valence-corrected chi connectivity index (χ2v) is 7.01. The topological polar surface area (TPSA) is 87.8 Å². The second-order valence-electron chi connectivity index (χ2n) is 4.56. The van der Waals surface area contributed by atoms with Crippen molar-refractivity contribution in [3.8, 4) is 0 Å². The Kier molecular flexibility index (Phi) is 5.48. The van der Waals surface area contributed by atoms with E-state index in [2.05, 4.69) is 9.71 Å². The summed E-state index contributed by atoms with van der Waals surface area (Å²) in [5.41, 5.74) is 0.426. The highest BCUT2D eigenvalue weighted by atomic mass is 35.5. The van der Waals surface area contributed by atoms with Gasteiger partial charge >= 0.3 is 0 Å². The van der Waals surface area contributed by atoms with Crippen LogP contribution in [-0.4, -0.2) is 26.4 Å². The van der Waals surface area contributed by atoms with E-state index in [0.29, 0.717) is 15.7 Å². The van der Waals surface area contributed by atoms with Crippen molar-refractivity contribution < 1.29 is 8.42 Å². The third-order valence-corrected chi connectivity index (χ3v) is 4.59. The molecule has 0 aliphatic carbocycles. The van der Waals surface area contributed by atoms with Crippen molar-refractivity contribution in [2.24, 2.45) is 10.2 Å². The van der Waals surface area contributed by atoms with Crippen LogP contribution in [0.25, 0.3) is 0 Å². The quantitative estimate of drug-likeness (QED) is 0.374. The lowest BCUT2D eigenvalue weighted by atomic mass is 10.3. The van der Waals surface area contributed by atoms with E-state index in [1.165, 1.54) is 25.2 Å². The number of guanidine groups is 1. The van der Waals surface area contributed by atoms with E-state index >= 15 is 0 Å². The van der Waals surface area contributed by atoms with E-state index in [1.807, 2.05) is 0 Å². The van der Waals surface area contributed by atoms with Crippen molar-refractivity contribution in [3.05, 3.63) is 58.6 Å². The maximum absolute atomic E-state index is 12.3. The van der Waals surface area contributed by atoms with Crippen LogP contribution in [0.5, 0.6) is 0 Å². The molecule has 9 heteroatoms. The minimum absolute atomic E-state index is 0.0587. The smallest absolute Gasteiger partial charge is 0.285 e. The number of sulfonamides is 1. The van der Waals surface area contributed by atoms with Crippen molar-refractivity contribution in [2.75, 3.05) is 12.4 Å². The first-order chi connectivity index (χ1) is 10.8. The molecule has 0 aliphatic rings. The molecule has 0 aliphatic heterocycles. The fourth-order valence-corrected chi connectivity index (χ4v) is 3.11. The lowest BCUT2D eigenvalue weighted by Gasteiger charge is -2.17. The molecule has 0 saturated carbocycles. The second kappa shape index (κ2) is 7.18. The zero-order valence-electron chi connectivity index (χ0n) is 12.1. The Morgan fingerprint density at radius 3 is 2.39 bits per heavy atom. The number of halogens is 2. The predicted octanol–water partition coefficient (Wildman–Crippen LogP) is 2.96. The predicted molar refractivity (Wildman–Crippen MR) is 93.1 cm³/mol. The summed E-state index contributed by atoms with van der Waals surface area (Å²) >= 11 is 11.9. The fraction of sp³-hybridized carbons (Fsp3) is 0.0714. The van der Waals surface area contributed by atoms with Crippen molar-refractivity contribution in [1.82, 2.24) is 5.01 Å². The molecule has 0 radical (unpaired) electrons. The van der Waals surface area contributed by atoms with Crippen LogP contribution in [0.2, 0.25) is 10.0 Å². The summed E-state index contributed by atoms with van der Waals surface area (Å²) in [6, 6.07) is 12.5. The Balaban J connectivity index is 2.38. The summed E-state index contributed by atoms with van der Waals surface area (Å²) in [6.07, 6.45) is 0. The minimum atomic E-state index is -3.91. The Bertz CT molecular complexity index is 824. The summed E-state index contributed by atoms with van der Waals surface area (Å²) in [6.45, 7) is 0. The van der Waals surface area contributed by atoms with Gasteiger partial charge in [-0.3, -0.25) is 5.01 Å². The third kappa shape index (κ3) is 4.59. The summed E-state index contributed by atoms with van der Waals surface area (Å²) in [4.78, 5) is 0.0587. The normalized spacial score (nSPS) is 12.1. The average Bonchev–Trinajstić information content (AvgIpc) is 2.49. The van der Waals surface area contributed by atoms with E-state index in [4.69, 9.17) is 29.0 Å². The summed E-state index contributed by atoms with van der Waals surface area (Å²) in [5, 5.41) is 4.59. The lowest BCUT2D eigenvalue weighted by molar-refractivity contribution is 0.536. The van der Waals surface area contributed by atoms with Gasteiger partial charge in [-0.2, -0.15) is 8.42 Å². The molecule has 0 bridgehead atoms. The Morgan fingerprint density at radius 1 is 1.17 bits per heavy atom. The standard InChI is InChI=1S/C14H14Cl2N4O2S/c1-20(17)14(18-13-8-7-10(15)9-12(13)16)19-23(21,22)11-5-3-2-4-6-11/h2-9H,17H2,1H3,(H,18,19). The van der Waals surface area contributed by atoms with E-state index in [9.17, 15) is 8.42 Å². The molecular weight excluding hydrogens is 359 g/mol. The number of nitrogens with zero attached hydrogens (tertiary/aromatic N) is 2. The van der Waals surface area contributed by atoms with Gasteiger partial charge < -0.3 is 5.32 Å². The van der Waals surface area contributed by atoms with E-state index in [1.54, 1.807) is 30.3 Å². The van der Waals surface area contributed by atoms with Gasteiger partial charge in [-0.1, -0.05) is 41.4 Å². The Hall–Kier alpha value is -1.80. The van der Waals surface area contributed by atoms with Gasteiger partial charge in [0, 0.05) is 12.1 Å². The molecule has 23 heavy (non-hydrogen) atoms. The molecular formula is C14H14Cl2N4O2S. The largest absolute Gasteiger partial charge is 0.323 e. The van der Waals surface area contributed by atoms with Crippen LogP contribution in [0, 0.1) is 0 Å². The molecule has 2 rings (SSSR count). The van der Waals surface area contributed by atoms with Gasteiger partial charge in [-0.05, 0) is 30.3 Å². The van der Waals surface area contributed by atoms with Crippen LogP contribution in [-0.2, 0) is 10.0 Å². The zero-order chi connectivity index (χ0) is 17.0. The fourth-order valence-electron chi connectivity index (χ4n) is 1.65. The van der Waals surface area contributed by atoms with E-state index < -0.39 is 10.0 Å². The Morgan fingerprint density at radius 2 is 1.83 bits per heavy atom. The van der Waals surface area contributed by atoms with E-state index in [0.717, 1.165) is 5.01 Å². The van der Waals surface area contributed by atoms with Crippen LogP contribution in [0.3, 0.4) is 0 Å². The molecule has 6 nitrogen and oxygen atoms in total. The van der Waals surface area contributed by atoms with Crippen LogP contribution >= 0.6 is 23.2 Å². The number of nitrogens with two attached hydrogens (primary N) is 1. The molecule has 2 aromatic carbocycles. The summed E-state index contributed by atoms with van der Waals surface area (Å²) < 4.78 is 28.3. The maximum atomic E-state index is 12.3. The average molecular weight is 373 g/mol. The van der Waals surface area contributed by atoms with Crippen molar-refractivity contribution in [3.63, 3.8) is 0 Å². The first-order valence-corrected chi connectivity index (χ1v) is 8.60. The number of hydrazine groups is 1. The number of hydrogen-bond donors (Lipinski definition) is 2. The van der Waals surface area contributed by atoms with Gasteiger partial charge in [0.25, 0.3) is 10.0 Å². The van der Waals surface area contributed by atoms with Crippen LogP contribution in [0.4, 0.5) is 5.69 Å². The molecule has 0 atom stereocenters. The number of anilines is 1. The highest BCUT2D eigenvalue weighted by Crippen LogP contribution is 2.25. The molecule has 0 saturated heterocycles. The van der Waals surface area contributed by atoms with Gasteiger partial charge in [-0.15, -0.1) is 4.40 Å². The maximum Gasteiger partial charge on any atom is 0.285 e. The monoisotopic (exact) mass is 372 g/mol. The van der Waals surface area contributed by atoms with Crippen LogP contribution < -0.4 is 11.2 Å². The van der Waals surface area contributed by atoms with Gasteiger partial charge in [-0.25, -0.2) is 5.84 Å². The highest BCUT2D eigenvalue weighted by molar-refractivity contribution is 7.90. The molecule has 0 amide bonds. The van der Waals surface area contributed by atoms with Crippen LogP contribution in [0.1, 0.15) is 0 Å². The van der Waals surface area contributed by atoms with Gasteiger partial charge in [0.15, 0.2) is 0 Å². The zero-order valence-corrected chi connectivity index (χ0v) is 14.4. The van der Waals surface area contributed by atoms with Crippen molar-refractivity contribution in [2.45, 2.75) is 4.90 Å². The van der Waals surface area contributed by atoms with Crippen molar-refractivity contribution >= 4 is 44.9 Å². The van der Waals surface area contributed by atoms with Gasteiger partial charge in [0.2, 0.25) is 5.96 Å². The first kappa shape index (κ1) is 17.6. The van der Waals surface area contributed by atoms with Gasteiger partial charge in [0.1, 0.15) is 0 Å². The molecule has 122 valence electrons. The SMILES string of the molecule is CN(N)C(=NS(=O)(=O)c1ccccc1)Nc1ccc(Cl)cc1Cl. The molecule has 2 aromatic rings. The number of hydrogen-bond acceptors (Lipinski definition) is 3. The third-order valence-electron chi connectivity index (χ3n) is 2.76. The molecule has 0 fully saturated rings.